The molecule has 0 fully saturated rings. The van der Waals surface area contributed by atoms with Crippen molar-refractivity contribution < 1.29 is 9.84 Å². The first-order valence-electron chi connectivity index (χ1n) is 6.54. The van der Waals surface area contributed by atoms with Gasteiger partial charge >= 0.3 is 0 Å². The second-order valence-electron chi connectivity index (χ2n) is 4.84. The van der Waals surface area contributed by atoms with E-state index in [1.165, 1.54) is 0 Å². The van der Waals surface area contributed by atoms with Crippen molar-refractivity contribution in [3.63, 3.8) is 0 Å². The number of fused-ring (bicyclic) bond motifs is 1. The predicted octanol–water partition coefficient (Wildman–Crippen LogP) is 1.97. The molecule has 0 amide bonds. The van der Waals surface area contributed by atoms with E-state index >= 15 is 0 Å². The van der Waals surface area contributed by atoms with Crippen molar-refractivity contribution in [3.8, 4) is 5.75 Å². The van der Waals surface area contributed by atoms with Crippen LogP contribution in [0, 0.1) is 0 Å². The van der Waals surface area contributed by atoms with Crippen LogP contribution in [0.5, 0.6) is 5.75 Å². The summed E-state index contributed by atoms with van der Waals surface area (Å²) in [6, 6.07) is 9.94. The highest BCUT2D eigenvalue weighted by molar-refractivity contribution is 5.84. The van der Waals surface area contributed by atoms with Crippen molar-refractivity contribution in [2.45, 2.75) is 25.9 Å². The molecule has 0 radical (unpaired) electrons. The molecule has 0 saturated carbocycles. The highest BCUT2D eigenvalue weighted by Gasteiger charge is 2.10. The Bertz CT molecular complexity index is 523. The van der Waals surface area contributed by atoms with Gasteiger partial charge in [0.2, 0.25) is 0 Å². The molecule has 2 N–H and O–H groups in total. The van der Waals surface area contributed by atoms with Crippen molar-refractivity contribution in [1.29, 1.82) is 0 Å². The number of hydrogen-bond acceptors (Lipinski definition) is 4. The van der Waals surface area contributed by atoms with E-state index < -0.39 is 0 Å². The van der Waals surface area contributed by atoms with Gasteiger partial charge < -0.3 is 15.2 Å². The predicted molar refractivity (Wildman–Crippen MR) is 76.4 cm³/mol. The van der Waals surface area contributed by atoms with Crippen LogP contribution >= 0.6 is 0 Å². The summed E-state index contributed by atoms with van der Waals surface area (Å²) >= 11 is 0. The Labute approximate surface area is 113 Å². The van der Waals surface area contributed by atoms with E-state index in [1.807, 2.05) is 44.2 Å². The van der Waals surface area contributed by atoms with E-state index in [0.29, 0.717) is 12.6 Å². The van der Waals surface area contributed by atoms with E-state index in [2.05, 4.69) is 10.3 Å². The first-order valence-corrected chi connectivity index (χ1v) is 6.54. The second kappa shape index (κ2) is 6.50. The zero-order valence-corrected chi connectivity index (χ0v) is 11.3. The summed E-state index contributed by atoms with van der Waals surface area (Å²) in [5.41, 5.74) is 0.914. The molecule has 0 spiro atoms. The zero-order valence-electron chi connectivity index (χ0n) is 11.3. The smallest absolute Gasteiger partial charge is 0.128 e. The number of benzene rings is 1. The largest absolute Gasteiger partial charge is 0.491 e. The molecule has 1 aromatic carbocycles. The van der Waals surface area contributed by atoms with Gasteiger partial charge in [0.1, 0.15) is 12.4 Å². The Morgan fingerprint density at radius 3 is 2.84 bits per heavy atom. The van der Waals surface area contributed by atoms with Gasteiger partial charge in [-0.3, -0.25) is 4.98 Å². The van der Waals surface area contributed by atoms with E-state index in [9.17, 15) is 5.11 Å². The van der Waals surface area contributed by atoms with Gasteiger partial charge in [-0.15, -0.1) is 0 Å². The quantitative estimate of drug-likeness (QED) is 0.834. The molecular weight excluding hydrogens is 240 g/mol. The molecule has 1 heterocycles. The normalized spacial score (nSPS) is 12.8. The van der Waals surface area contributed by atoms with Gasteiger partial charge in [-0.2, -0.15) is 0 Å². The van der Waals surface area contributed by atoms with Crippen LogP contribution < -0.4 is 10.1 Å². The summed E-state index contributed by atoms with van der Waals surface area (Å²) in [4.78, 5) is 4.29. The van der Waals surface area contributed by atoms with Crippen LogP contribution in [0.1, 0.15) is 13.8 Å². The summed E-state index contributed by atoms with van der Waals surface area (Å²) < 4.78 is 5.81. The maximum atomic E-state index is 9.31. The van der Waals surface area contributed by atoms with Crippen molar-refractivity contribution in [3.05, 3.63) is 36.5 Å². The Morgan fingerprint density at radius 2 is 2.11 bits per heavy atom. The van der Waals surface area contributed by atoms with Gasteiger partial charge in [0.15, 0.2) is 0 Å². The van der Waals surface area contributed by atoms with Crippen LogP contribution in [-0.2, 0) is 0 Å². The molecule has 4 heteroatoms. The van der Waals surface area contributed by atoms with Crippen LogP contribution in [0.2, 0.25) is 0 Å². The maximum Gasteiger partial charge on any atom is 0.128 e. The lowest BCUT2D eigenvalue weighted by atomic mass is 10.2. The molecular formula is C15H20N2O2. The molecule has 2 rings (SSSR count). The van der Waals surface area contributed by atoms with Crippen molar-refractivity contribution in [1.82, 2.24) is 10.3 Å². The van der Waals surface area contributed by atoms with E-state index in [4.69, 9.17) is 4.74 Å². The zero-order chi connectivity index (χ0) is 13.7. The monoisotopic (exact) mass is 260 g/mol. The third kappa shape index (κ3) is 3.66. The second-order valence-corrected chi connectivity index (χ2v) is 4.84. The molecule has 0 aliphatic rings. The van der Waals surface area contributed by atoms with Gasteiger partial charge in [-0.05, 0) is 24.3 Å². The minimum atomic E-state index is -0.0630. The summed E-state index contributed by atoms with van der Waals surface area (Å²) in [6.45, 7) is 4.58. The minimum Gasteiger partial charge on any atom is -0.491 e. The minimum absolute atomic E-state index is 0.0567. The maximum absolute atomic E-state index is 9.31. The molecule has 2 aromatic rings. The average Bonchev–Trinajstić information content (AvgIpc) is 2.43. The van der Waals surface area contributed by atoms with Gasteiger partial charge in [-0.1, -0.05) is 19.9 Å². The van der Waals surface area contributed by atoms with Crippen molar-refractivity contribution >= 4 is 10.9 Å². The third-order valence-corrected chi connectivity index (χ3v) is 2.84. The molecule has 1 unspecified atom stereocenters. The Hall–Kier alpha value is -1.65. The number of hydrogen-bond donors (Lipinski definition) is 2. The molecule has 102 valence electrons. The van der Waals surface area contributed by atoms with Crippen LogP contribution in [0.4, 0.5) is 0 Å². The fraction of sp³-hybridized carbons (Fsp3) is 0.400. The Balaban J connectivity index is 2.09. The standard InChI is InChI=1S/C15H20N2O2/c1-11(2)17-12(9-18)10-19-15-7-3-6-14-13(15)5-4-8-16-14/h3-8,11-12,17-18H,9-10H2,1-2H3. The summed E-state index contributed by atoms with van der Waals surface area (Å²) in [5, 5.41) is 13.6. The van der Waals surface area contributed by atoms with Gasteiger partial charge in [0, 0.05) is 17.6 Å². The highest BCUT2D eigenvalue weighted by Crippen LogP contribution is 2.23. The fourth-order valence-electron chi connectivity index (χ4n) is 2.02. The molecule has 19 heavy (non-hydrogen) atoms. The number of nitrogens with zero attached hydrogens (tertiary/aromatic N) is 1. The number of rotatable bonds is 6. The summed E-state index contributed by atoms with van der Waals surface area (Å²) in [6.07, 6.45) is 1.77. The van der Waals surface area contributed by atoms with E-state index in [-0.39, 0.29) is 12.6 Å². The summed E-state index contributed by atoms with van der Waals surface area (Å²) in [5.74, 6) is 0.801. The number of nitrogens with one attached hydrogen (secondary N) is 1. The SMILES string of the molecule is CC(C)NC(CO)COc1cccc2ncccc12. The first-order chi connectivity index (χ1) is 9.20. The van der Waals surface area contributed by atoms with E-state index in [0.717, 1.165) is 16.7 Å². The fourth-order valence-corrected chi connectivity index (χ4v) is 2.02. The lowest BCUT2D eigenvalue weighted by molar-refractivity contribution is 0.178. The first kappa shape index (κ1) is 13.8. The third-order valence-electron chi connectivity index (χ3n) is 2.84. The van der Waals surface area contributed by atoms with Crippen LogP contribution in [0.25, 0.3) is 10.9 Å². The summed E-state index contributed by atoms with van der Waals surface area (Å²) in [7, 11) is 0. The Morgan fingerprint density at radius 1 is 1.26 bits per heavy atom. The number of pyridine rings is 1. The number of ether oxygens (including phenoxy) is 1. The van der Waals surface area contributed by atoms with Crippen molar-refractivity contribution in [2.75, 3.05) is 13.2 Å². The van der Waals surface area contributed by atoms with Crippen LogP contribution in [-0.4, -0.2) is 35.4 Å². The topological polar surface area (TPSA) is 54.4 Å². The van der Waals surface area contributed by atoms with Crippen LogP contribution in [0.15, 0.2) is 36.5 Å². The molecule has 0 saturated heterocycles. The van der Waals surface area contributed by atoms with E-state index in [1.54, 1.807) is 6.20 Å². The Kier molecular flexibility index (Phi) is 4.71. The molecule has 0 bridgehead atoms. The van der Waals surface area contributed by atoms with Gasteiger partial charge in [-0.25, -0.2) is 0 Å². The highest BCUT2D eigenvalue weighted by atomic mass is 16.5. The van der Waals surface area contributed by atoms with Gasteiger partial charge in [0.25, 0.3) is 0 Å². The number of aromatic nitrogens is 1. The van der Waals surface area contributed by atoms with Crippen LogP contribution in [0.3, 0.4) is 0 Å². The van der Waals surface area contributed by atoms with Gasteiger partial charge in [0.05, 0.1) is 18.2 Å². The lowest BCUT2D eigenvalue weighted by Gasteiger charge is -2.20. The molecule has 4 nitrogen and oxygen atoms in total. The number of aliphatic hydroxyl groups excluding tert-OH is 1. The molecule has 0 aliphatic carbocycles. The van der Waals surface area contributed by atoms with Crippen molar-refractivity contribution in [2.24, 2.45) is 0 Å². The lowest BCUT2D eigenvalue weighted by Crippen LogP contribution is -2.41. The molecule has 0 aliphatic heterocycles. The number of aliphatic hydroxyl groups is 1. The average molecular weight is 260 g/mol. The molecule has 1 aromatic heterocycles. The molecule has 1 atom stereocenters.